The molecule has 0 saturated carbocycles. The molecule has 0 radical (unpaired) electrons. The number of nitrogens with one attached hydrogen (secondary N) is 1. The molecule has 0 saturated heterocycles. The molecule has 18 heavy (non-hydrogen) atoms. The van der Waals surface area contributed by atoms with E-state index in [4.69, 9.17) is 0 Å². The number of benzene rings is 1. The van der Waals surface area contributed by atoms with Crippen molar-refractivity contribution in [3.05, 3.63) is 50.6 Å². The number of hydrogen-bond acceptors (Lipinski definition) is 3. The minimum atomic E-state index is -0.360. The van der Waals surface area contributed by atoms with Crippen LogP contribution >= 0.6 is 11.3 Å². The highest BCUT2D eigenvalue weighted by Crippen LogP contribution is 2.16. The Morgan fingerprint density at radius 1 is 1.50 bits per heavy atom. The molecule has 1 N–H and O–H groups in total. The zero-order valence-electron chi connectivity index (χ0n) is 9.61. The van der Waals surface area contributed by atoms with Crippen LogP contribution in [-0.4, -0.2) is 14.5 Å². The summed E-state index contributed by atoms with van der Waals surface area (Å²) in [4.78, 5) is 19.8. The van der Waals surface area contributed by atoms with Gasteiger partial charge in [0, 0.05) is 11.1 Å². The SMILES string of the molecule is Cc1cnc(Cn2c(=O)[nH]c3cc(F)ccc32)s1. The fourth-order valence-electron chi connectivity index (χ4n) is 1.90. The number of halogens is 1. The Morgan fingerprint density at radius 2 is 2.33 bits per heavy atom. The van der Waals surface area contributed by atoms with Crippen LogP contribution < -0.4 is 5.69 Å². The molecule has 0 aliphatic rings. The smallest absolute Gasteiger partial charge is 0.305 e. The Labute approximate surface area is 106 Å². The fourth-order valence-corrected chi connectivity index (χ4v) is 2.68. The molecule has 0 spiro atoms. The van der Waals surface area contributed by atoms with E-state index in [1.54, 1.807) is 28.2 Å². The number of aryl methyl sites for hydroxylation is 1. The summed E-state index contributed by atoms with van der Waals surface area (Å²) in [6.45, 7) is 2.37. The third-order valence-electron chi connectivity index (χ3n) is 2.70. The molecule has 0 amide bonds. The summed E-state index contributed by atoms with van der Waals surface area (Å²) in [5.41, 5.74) is 0.950. The minimum Gasteiger partial charge on any atom is -0.305 e. The maximum absolute atomic E-state index is 13.1. The molecule has 0 unspecified atom stereocenters. The average Bonchev–Trinajstić information content (AvgIpc) is 2.84. The van der Waals surface area contributed by atoms with E-state index in [0.717, 1.165) is 9.88 Å². The lowest BCUT2D eigenvalue weighted by atomic mass is 10.3. The minimum absolute atomic E-state index is 0.247. The standard InChI is InChI=1S/C12H10FN3OS/c1-7-5-14-11(18-7)6-16-10-3-2-8(13)4-9(10)15-12(16)17/h2-5H,6H2,1H3,(H,15,17). The number of imidazole rings is 1. The zero-order chi connectivity index (χ0) is 12.7. The van der Waals surface area contributed by atoms with Crippen LogP contribution in [0.4, 0.5) is 4.39 Å². The van der Waals surface area contributed by atoms with Crippen LogP contribution in [0.15, 0.2) is 29.2 Å². The van der Waals surface area contributed by atoms with Crippen molar-refractivity contribution in [3.63, 3.8) is 0 Å². The summed E-state index contributed by atoms with van der Waals surface area (Å²) in [5.74, 6) is -0.360. The predicted octanol–water partition coefficient (Wildman–Crippen LogP) is 2.28. The normalized spacial score (nSPS) is 11.2. The lowest BCUT2D eigenvalue weighted by Gasteiger charge is -1.99. The Bertz CT molecular complexity index is 771. The van der Waals surface area contributed by atoms with Gasteiger partial charge in [-0.15, -0.1) is 11.3 Å². The largest absolute Gasteiger partial charge is 0.326 e. The van der Waals surface area contributed by atoms with E-state index in [1.807, 2.05) is 6.92 Å². The topological polar surface area (TPSA) is 50.7 Å². The number of aromatic nitrogens is 3. The molecule has 6 heteroatoms. The van der Waals surface area contributed by atoms with Crippen LogP contribution in [0.5, 0.6) is 0 Å². The van der Waals surface area contributed by atoms with Gasteiger partial charge in [0.2, 0.25) is 0 Å². The molecule has 0 bridgehead atoms. The molecule has 3 aromatic rings. The molecule has 92 valence electrons. The highest BCUT2D eigenvalue weighted by molar-refractivity contribution is 7.11. The van der Waals surface area contributed by atoms with Crippen molar-refractivity contribution in [2.75, 3.05) is 0 Å². The monoisotopic (exact) mass is 263 g/mol. The lowest BCUT2D eigenvalue weighted by molar-refractivity contribution is 0.629. The highest BCUT2D eigenvalue weighted by Gasteiger charge is 2.09. The van der Waals surface area contributed by atoms with E-state index in [-0.39, 0.29) is 11.5 Å². The van der Waals surface area contributed by atoms with E-state index in [9.17, 15) is 9.18 Å². The first kappa shape index (κ1) is 11.2. The van der Waals surface area contributed by atoms with Crippen molar-refractivity contribution in [1.29, 1.82) is 0 Å². The molecular weight excluding hydrogens is 253 g/mol. The highest BCUT2D eigenvalue weighted by atomic mass is 32.1. The quantitative estimate of drug-likeness (QED) is 0.771. The van der Waals surface area contributed by atoms with Crippen LogP contribution in [0.25, 0.3) is 11.0 Å². The van der Waals surface area contributed by atoms with E-state index < -0.39 is 0 Å². The first-order valence-corrected chi connectivity index (χ1v) is 6.24. The Balaban J connectivity index is 2.11. The van der Waals surface area contributed by atoms with Gasteiger partial charge >= 0.3 is 5.69 Å². The van der Waals surface area contributed by atoms with Crippen molar-refractivity contribution in [2.45, 2.75) is 13.5 Å². The van der Waals surface area contributed by atoms with Gasteiger partial charge in [0.15, 0.2) is 0 Å². The summed E-state index contributed by atoms with van der Waals surface area (Å²) in [6, 6.07) is 4.27. The molecule has 0 aliphatic carbocycles. The van der Waals surface area contributed by atoms with Gasteiger partial charge in [-0.3, -0.25) is 4.57 Å². The van der Waals surface area contributed by atoms with Gasteiger partial charge in [0.25, 0.3) is 0 Å². The number of rotatable bonds is 2. The van der Waals surface area contributed by atoms with Crippen molar-refractivity contribution in [3.8, 4) is 0 Å². The molecule has 0 atom stereocenters. The molecule has 1 aromatic carbocycles. The van der Waals surface area contributed by atoms with E-state index in [1.165, 1.54) is 12.1 Å². The maximum atomic E-state index is 13.1. The maximum Gasteiger partial charge on any atom is 0.326 e. The average molecular weight is 263 g/mol. The Morgan fingerprint density at radius 3 is 3.06 bits per heavy atom. The number of fused-ring (bicyclic) bond motifs is 1. The van der Waals surface area contributed by atoms with Crippen molar-refractivity contribution in [1.82, 2.24) is 14.5 Å². The second kappa shape index (κ2) is 4.06. The summed E-state index contributed by atoms with van der Waals surface area (Å²) in [5, 5.41) is 0.861. The van der Waals surface area contributed by atoms with Crippen molar-refractivity contribution in [2.24, 2.45) is 0 Å². The van der Waals surface area contributed by atoms with Gasteiger partial charge in [-0.2, -0.15) is 0 Å². The van der Waals surface area contributed by atoms with Crippen LogP contribution in [0.2, 0.25) is 0 Å². The van der Waals surface area contributed by atoms with E-state index in [0.29, 0.717) is 17.6 Å². The van der Waals surface area contributed by atoms with Gasteiger partial charge in [0.1, 0.15) is 10.8 Å². The molecule has 2 aromatic heterocycles. The summed E-state index contributed by atoms with van der Waals surface area (Å²) in [6.07, 6.45) is 1.78. The molecular formula is C12H10FN3OS. The first-order chi connectivity index (χ1) is 8.63. The summed E-state index contributed by atoms with van der Waals surface area (Å²) >= 11 is 1.55. The predicted molar refractivity (Wildman–Crippen MR) is 68.5 cm³/mol. The number of hydrogen-bond donors (Lipinski definition) is 1. The van der Waals surface area contributed by atoms with Crippen molar-refractivity contribution < 1.29 is 4.39 Å². The van der Waals surface area contributed by atoms with Gasteiger partial charge in [-0.1, -0.05) is 0 Å². The summed E-state index contributed by atoms with van der Waals surface area (Å²) < 4.78 is 14.6. The van der Waals surface area contributed by atoms with E-state index >= 15 is 0 Å². The lowest BCUT2D eigenvalue weighted by Crippen LogP contribution is -2.17. The summed E-state index contributed by atoms with van der Waals surface area (Å²) in [7, 11) is 0. The molecule has 3 rings (SSSR count). The van der Waals surface area contributed by atoms with Crippen LogP contribution in [0.3, 0.4) is 0 Å². The van der Waals surface area contributed by atoms with Crippen LogP contribution in [-0.2, 0) is 6.54 Å². The second-order valence-electron chi connectivity index (χ2n) is 4.04. The fraction of sp³-hybridized carbons (Fsp3) is 0.167. The van der Waals surface area contributed by atoms with Gasteiger partial charge < -0.3 is 4.98 Å². The second-order valence-corrected chi connectivity index (χ2v) is 5.36. The van der Waals surface area contributed by atoms with Gasteiger partial charge in [-0.05, 0) is 25.1 Å². The first-order valence-electron chi connectivity index (χ1n) is 5.43. The molecule has 4 nitrogen and oxygen atoms in total. The van der Waals surface area contributed by atoms with Crippen molar-refractivity contribution >= 4 is 22.4 Å². The number of aromatic amines is 1. The van der Waals surface area contributed by atoms with Crippen LogP contribution in [0.1, 0.15) is 9.88 Å². The Kier molecular flexibility index (Phi) is 2.52. The van der Waals surface area contributed by atoms with E-state index in [2.05, 4.69) is 9.97 Å². The van der Waals surface area contributed by atoms with Crippen LogP contribution in [0, 0.1) is 12.7 Å². The molecule has 0 fully saturated rings. The van der Waals surface area contributed by atoms with Gasteiger partial charge in [0.05, 0.1) is 17.6 Å². The molecule has 0 aliphatic heterocycles. The third kappa shape index (κ3) is 1.84. The number of nitrogens with zero attached hydrogens (tertiary/aromatic N) is 2. The van der Waals surface area contributed by atoms with Gasteiger partial charge in [-0.25, -0.2) is 14.2 Å². The number of H-pyrrole nitrogens is 1. The third-order valence-corrected chi connectivity index (χ3v) is 3.60. The number of thiazole rings is 1. The zero-order valence-corrected chi connectivity index (χ0v) is 10.4. The molecule has 2 heterocycles. The Hall–Kier alpha value is -1.95.